The maximum absolute atomic E-state index is 12.7. The van der Waals surface area contributed by atoms with E-state index < -0.39 is 0 Å². The molecule has 0 saturated carbocycles. The molecular weight excluding hydrogens is 286 g/mol. The van der Waals surface area contributed by atoms with Crippen LogP contribution < -0.4 is 10.5 Å². The summed E-state index contributed by atoms with van der Waals surface area (Å²) in [5.41, 5.74) is 6.11. The van der Waals surface area contributed by atoms with Gasteiger partial charge in [0.05, 0.1) is 17.7 Å². The van der Waals surface area contributed by atoms with Crippen molar-refractivity contribution in [1.82, 2.24) is 9.80 Å². The van der Waals surface area contributed by atoms with E-state index in [0.717, 1.165) is 6.54 Å². The van der Waals surface area contributed by atoms with Crippen LogP contribution >= 0.6 is 12.2 Å². The molecule has 0 fully saturated rings. The van der Waals surface area contributed by atoms with E-state index in [1.807, 2.05) is 31.1 Å². The first kappa shape index (κ1) is 17.4. The molecule has 0 spiro atoms. The molecule has 116 valence electrons. The second-order valence-electron chi connectivity index (χ2n) is 5.01. The molecule has 0 saturated heterocycles. The molecule has 1 aromatic carbocycles. The molecule has 0 atom stereocenters. The van der Waals surface area contributed by atoms with E-state index in [1.165, 1.54) is 0 Å². The fraction of sp³-hybridized carbons (Fsp3) is 0.467. The summed E-state index contributed by atoms with van der Waals surface area (Å²) in [7, 11) is 5.50. The first-order chi connectivity index (χ1) is 9.95. The molecule has 0 aliphatic heterocycles. The number of carbonyl (C=O) groups excluding carboxylic acids is 1. The number of rotatable bonds is 8. The van der Waals surface area contributed by atoms with Gasteiger partial charge >= 0.3 is 0 Å². The number of carbonyl (C=O) groups is 1. The summed E-state index contributed by atoms with van der Waals surface area (Å²) in [6, 6.07) is 7.22. The number of likely N-dealkylation sites (N-methyl/N-ethyl adjacent to an activating group) is 1. The van der Waals surface area contributed by atoms with Gasteiger partial charge in [-0.2, -0.15) is 0 Å². The molecule has 1 amide bonds. The molecule has 0 radical (unpaired) electrons. The van der Waals surface area contributed by atoms with Gasteiger partial charge < -0.3 is 20.3 Å². The Morgan fingerprint density at radius 3 is 2.48 bits per heavy atom. The van der Waals surface area contributed by atoms with Crippen LogP contribution in [0.2, 0.25) is 0 Å². The number of benzene rings is 1. The lowest BCUT2D eigenvalue weighted by atomic mass is 10.1. The zero-order valence-corrected chi connectivity index (χ0v) is 13.7. The number of nitrogens with two attached hydrogens (primary N) is 1. The lowest BCUT2D eigenvalue weighted by Crippen LogP contribution is -2.38. The summed E-state index contributed by atoms with van der Waals surface area (Å²) in [5, 5.41) is 0. The largest absolute Gasteiger partial charge is 0.496 e. The van der Waals surface area contributed by atoms with Crippen molar-refractivity contribution in [2.75, 3.05) is 40.8 Å². The predicted octanol–water partition coefficient (Wildman–Crippen LogP) is 1.38. The SMILES string of the molecule is COc1ccccc1C(=O)N(CCC(N)=S)CCN(C)C. The molecule has 0 heterocycles. The van der Waals surface area contributed by atoms with E-state index in [1.54, 1.807) is 24.1 Å². The highest BCUT2D eigenvalue weighted by Gasteiger charge is 2.19. The quantitative estimate of drug-likeness (QED) is 0.735. The number of amides is 1. The summed E-state index contributed by atoms with van der Waals surface area (Å²) < 4.78 is 5.26. The number of hydrogen-bond donors (Lipinski definition) is 1. The molecule has 2 N–H and O–H groups in total. The number of methoxy groups -OCH3 is 1. The Balaban J connectivity index is 2.89. The van der Waals surface area contributed by atoms with Crippen molar-refractivity contribution in [2.24, 2.45) is 5.73 Å². The Labute approximate surface area is 131 Å². The minimum absolute atomic E-state index is 0.0643. The van der Waals surface area contributed by atoms with Crippen LogP contribution in [0.3, 0.4) is 0 Å². The van der Waals surface area contributed by atoms with Gasteiger partial charge in [-0.05, 0) is 26.2 Å². The summed E-state index contributed by atoms with van der Waals surface area (Å²) >= 11 is 4.91. The highest BCUT2D eigenvalue weighted by atomic mass is 32.1. The van der Waals surface area contributed by atoms with Gasteiger partial charge in [0.1, 0.15) is 5.75 Å². The monoisotopic (exact) mass is 309 g/mol. The zero-order valence-electron chi connectivity index (χ0n) is 12.8. The lowest BCUT2D eigenvalue weighted by Gasteiger charge is -2.25. The summed E-state index contributed by atoms with van der Waals surface area (Å²) in [4.78, 5) is 16.9. The lowest BCUT2D eigenvalue weighted by molar-refractivity contribution is 0.0746. The average molecular weight is 309 g/mol. The van der Waals surface area contributed by atoms with E-state index in [2.05, 4.69) is 0 Å². The van der Waals surface area contributed by atoms with E-state index in [4.69, 9.17) is 22.7 Å². The second-order valence-corrected chi connectivity index (χ2v) is 5.54. The number of para-hydroxylation sites is 1. The van der Waals surface area contributed by atoms with Crippen LogP contribution in [0.15, 0.2) is 24.3 Å². The third kappa shape index (κ3) is 5.69. The number of nitrogens with zero attached hydrogens (tertiary/aromatic N) is 2. The van der Waals surface area contributed by atoms with E-state index in [-0.39, 0.29) is 5.91 Å². The molecule has 0 bridgehead atoms. The van der Waals surface area contributed by atoms with Gasteiger partial charge in [0, 0.05) is 26.1 Å². The van der Waals surface area contributed by atoms with Crippen molar-refractivity contribution in [3.8, 4) is 5.75 Å². The van der Waals surface area contributed by atoms with Crippen molar-refractivity contribution >= 4 is 23.1 Å². The van der Waals surface area contributed by atoms with Gasteiger partial charge in [-0.3, -0.25) is 4.79 Å². The van der Waals surface area contributed by atoms with Gasteiger partial charge in [-0.1, -0.05) is 24.4 Å². The molecular formula is C15H23N3O2S. The number of thiocarbonyl (C=S) groups is 1. The average Bonchev–Trinajstić information content (AvgIpc) is 2.46. The molecule has 0 aromatic heterocycles. The Hall–Kier alpha value is -1.66. The van der Waals surface area contributed by atoms with Gasteiger partial charge in [0.2, 0.25) is 0 Å². The highest BCUT2D eigenvalue weighted by molar-refractivity contribution is 7.80. The molecule has 6 heteroatoms. The van der Waals surface area contributed by atoms with Crippen molar-refractivity contribution < 1.29 is 9.53 Å². The Morgan fingerprint density at radius 1 is 1.24 bits per heavy atom. The normalized spacial score (nSPS) is 10.5. The first-order valence-corrected chi connectivity index (χ1v) is 7.22. The molecule has 0 aliphatic rings. The minimum atomic E-state index is -0.0643. The van der Waals surface area contributed by atoms with Crippen LogP contribution in [-0.2, 0) is 0 Å². The second kappa shape index (κ2) is 8.59. The predicted molar refractivity (Wildman–Crippen MR) is 88.9 cm³/mol. The molecule has 0 unspecified atom stereocenters. The van der Waals surface area contributed by atoms with Crippen LogP contribution in [0.4, 0.5) is 0 Å². The Kier molecular flexibility index (Phi) is 7.11. The number of hydrogen-bond acceptors (Lipinski definition) is 4. The fourth-order valence-corrected chi connectivity index (χ4v) is 1.96. The van der Waals surface area contributed by atoms with Crippen molar-refractivity contribution in [3.05, 3.63) is 29.8 Å². The van der Waals surface area contributed by atoms with Crippen LogP contribution in [0.1, 0.15) is 16.8 Å². The number of ether oxygens (including phenoxy) is 1. The van der Waals surface area contributed by atoms with Gasteiger partial charge in [0.25, 0.3) is 5.91 Å². The summed E-state index contributed by atoms with van der Waals surface area (Å²) in [6.07, 6.45) is 0.518. The summed E-state index contributed by atoms with van der Waals surface area (Å²) in [5.74, 6) is 0.512. The highest BCUT2D eigenvalue weighted by Crippen LogP contribution is 2.19. The zero-order chi connectivity index (χ0) is 15.8. The van der Waals surface area contributed by atoms with Crippen molar-refractivity contribution in [3.63, 3.8) is 0 Å². The molecule has 21 heavy (non-hydrogen) atoms. The smallest absolute Gasteiger partial charge is 0.257 e. The third-order valence-corrected chi connectivity index (χ3v) is 3.27. The molecule has 0 aliphatic carbocycles. The Morgan fingerprint density at radius 2 is 1.90 bits per heavy atom. The van der Waals surface area contributed by atoms with Crippen molar-refractivity contribution in [2.45, 2.75) is 6.42 Å². The van der Waals surface area contributed by atoms with Crippen LogP contribution in [-0.4, -0.2) is 61.5 Å². The summed E-state index contributed by atoms with van der Waals surface area (Å²) in [6.45, 7) is 1.91. The van der Waals surface area contributed by atoms with Crippen LogP contribution in [0.25, 0.3) is 0 Å². The maximum atomic E-state index is 12.7. The standard InChI is InChI=1S/C15H23N3O2S/c1-17(2)10-11-18(9-8-14(16)21)15(19)12-6-4-5-7-13(12)20-3/h4-7H,8-11H2,1-3H3,(H2,16,21). The van der Waals surface area contributed by atoms with Crippen LogP contribution in [0.5, 0.6) is 5.75 Å². The van der Waals surface area contributed by atoms with Gasteiger partial charge in [-0.25, -0.2) is 0 Å². The first-order valence-electron chi connectivity index (χ1n) is 6.81. The topological polar surface area (TPSA) is 58.8 Å². The minimum Gasteiger partial charge on any atom is -0.496 e. The van der Waals surface area contributed by atoms with Crippen molar-refractivity contribution in [1.29, 1.82) is 0 Å². The van der Waals surface area contributed by atoms with E-state index in [0.29, 0.717) is 35.8 Å². The van der Waals surface area contributed by atoms with Gasteiger partial charge in [0.15, 0.2) is 0 Å². The van der Waals surface area contributed by atoms with E-state index in [9.17, 15) is 4.79 Å². The van der Waals surface area contributed by atoms with E-state index >= 15 is 0 Å². The molecule has 5 nitrogen and oxygen atoms in total. The maximum Gasteiger partial charge on any atom is 0.257 e. The molecule has 1 aromatic rings. The third-order valence-electron chi connectivity index (χ3n) is 3.07. The fourth-order valence-electron chi connectivity index (χ4n) is 1.87. The Bertz CT molecular complexity index is 492. The van der Waals surface area contributed by atoms with Gasteiger partial charge in [-0.15, -0.1) is 0 Å². The van der Waals surface area contributed by atoms with Crippen LogP contribution in [0, 0.1) is 0 Å². The molecule has 1 rings (SSSR count).